The minimum absolute atomic E-state index is 0.331. The standard InChI is InChI=1S/C12H12BrFN2O/c1-16-7-8(6-15-16)4-12(17)9-2-3-11(14)10(13)5-9/h2-3,5-7,12,17H,4H2,1H3. The van der Waals surface area contributed by atoms with Gasteiger partial charge in [-0.2, -0.15) is 5.10 Å². The van der Waals surface area contributed by atoms with Gasteiger partial charge in [-0.1, -0.05) is 6.07 Å². The molecule has 1 aromatic carbocycles. The topological polar surface area (TPSA) is 38.0 Å². The van der Waals surface area contributed by atoms with Crippen molar-refractivity contribution in [2.24, 2.45) is 7.05 Å². The number of benzene rings is 1. The fourth-order valence-corrected chi connectivity index (χ4v) is 2.03. The van der Waals surface area contributed by atoms with Crippen molar-refractivity contribution in [1.82, 2.24) is 9.78 Å². The Bertz CT molecular complexity index is 527. The van der Waals surface area contributed by atoms with Crippen LogP contribution in [0, 0.1) is 5.82 Å². The molecule has 90 valence electrons. The van der Waals surface area contributed by atoms with E-state index in [0.29, 0.717) is 16.5 Å². The zero-order valence-electron chi connectivity index (χ0n) is 9.27. The van der Waals surface area contributed by atoms with E-state index in [9.17, 15) is 9.50 Å². The van der Waals surface area contributed by atoms with Crippen molar-refractivity contribution in [3.05, 3.63) is 52.0 Å². The normalized spacial score (nSPS) is 12.7. The third-order valence-electron chi connectivity index (χ3n) is 2.52. The van der Waals surface area contributed by atoms with Gasteiger partial charge in [-0.05, 0) is 39.2 Å². The lowest BCUT2D eigenvalue weighted by Crippen LogP contribution is -2.01. The summed E-state index contributed by atoms with van der Waals surface area (Å²) in [6.45, 7) is 0. The number of hydrogen-bond acceptors (Lipinski definition) is 2. The first-order valence-corrected chi connectivity index (χ1v) is 5.96. The number of aliphatic hydroxyl groups is 1. The summed E-state index contributed by atoms with van der Waals surface area (Å²) in [4.78, 5) is 0. The fraction of sp³-hybridized carbons (Fsp3) is 0.250. The molecule has 3 nitrogen and oxygen atoms in total. The van der Waals surface area contributed by atoms with Crippen LogP contribution < -0.4 is 0 Å². The largest absolute Gasteiger partial charge is 0.388 e. The van der Waals surface area contributed by atoms with Crippen molar-refractivity contribution in [2.75, 3.05) is 0 Å². The van der Waals surface area contributed by atoms with Crippen LogP contribution in [0.2, 0.25) is 0 Å². The number of aromatic nitrogens is 2. The highest BCUT2D eigenvalue weighted by atomic mass is 79.9. The van der Waals surface area contributed by atoms with E-state index in [1.807, 2.05) is 13.2 Å². The van der Waals surface area contributed by atoms with Crippen LogP contribution in [0.4, 0.5) is 4.39 Å². The van der Waals surface area contributed by atoms with Gasteiger partial charge in [0.25, 0.3) is 0 Å². The van der Waals surface area contributed by atoms with Crippen LogP contribution in [0.15, 0.2) is 35.1 Å². The van der Waals surface area contributed by atoms with Gasteiger partial charge in [0.1, 0.15) is 5.82 Å². The third kappa shape index (κ3) is 2.92. The molecule has 0 aliphatic rings. The minimum atomic E-state index is -0.656. The Morgan fingerprint density at radius 1 is 1.53 bits per heavy atom. The second kappa shape index (κ2) is 4.98. The van der Waals surface area contributed by atoms with E-state index < -0.39 is 6.10 Å². The number of hydrogen-bond donors (Lipinski definition) is 1. The SMILES string of the molecule is Cn1cc(CC(O)c2ccc(F)c(Br)c2)cn1. The summed E-state index contributed by atoms with van der Waals surface area (Å²) in [6.07, 6.45) is 3.37. The summed E-state index contributed by atoms with van der Waals surface area (Å²) < 4.78 is 15.1. The molecule has 1 heterocycles. The number of nitrogens with zero attached hydrogens (tertiary/aromatic N) is 2. The van der Waals surface area contributed by atoms with Gasteiger partial charge in [-0.25, -0.2) is 4.39 Å². The zero-order chi connectivity index (χ0) is 12.4. The maximum atomic E-state index is 13.1. The van der Waals surface area contributed by atoms with Gasteiger partial charge in [0.2, 0.25) is 0 Å². The number of halogens is 2. The van der Waals surface area contributed by atoms with Crippen LogP contribution in [0.3, 0.4) is 0 Å². The van der Waals surface area contributed by atoms with Gasteiger partial charge in [-0.15, -0.1) is 0 Å². The van der Waals surface area contributed by atoms with Gasteiger partial charge < -0.3 is 5.11 Å². The van der Waals surface area contributed by atoms with Crippen molar-refractivity contribution in [3.63, 3.8) is 0 Å². The maximum absolute atomic E-state index is 13.1. The lowest BCUT2D eigenvalue weighted by Gasteiger charge is -2.10. The maximum Gasteiger partial charge on any atom is 0.137 e. The molecular formula is C12H12BrFN2O. The molecule has 0 saturated heterocycles. The van der Waals surface area contributed by atoms with E-state index in [-0.39, 0.29) is 5.82 Å². The van der Waals surface area contributed by atoms with Gasteiger partial charge in [0, 0.05) is 19.7 Å². The molecule has 0 bridgehead atoms. The Morgan fingerprint density at radius 2 is 2.29 bits per heavy atom. The summed E-state index contributed by atoms with van der Waals surface area (Å²) in [5.41, 5.74) is 1.63. The Labute approximate surface area is 107 Å². The lowest BCUT2D eigenvalue weighted by atomic mass is 10.0. The fourth-order valence-electron chi connectivity index (χ4n) is 1.64. The van der Waals surface area contributed by atoms with Crippen LogP contribution in [0.1, 0.15) is 17.2 Å². The summed E-state index contributed by atoms with van der Waals surface area (Å²) in [7, 11) is 1.82. The average Bonchev–Trinajstić information content (AvgIpc) is 2.68. The smallest absolute Gasteiger partial charge is 0.137 e. The van der Waals surface area contributed by atoms with Crippen molar-refractivity contribution in [1.29, 1.82) is 0 Å². The second-order valence-electron chi connectivity index (χ2n) is 3.92. The average molecular weight is 299 g/mol. The number of rotatable bonds is 3. The van der Waals surface area contributed by atoms with Crippen LogP contribution in [0.5, 0.6) is 0 Å². The van der Waals surface area contributed by atoms with E-state index in [2.05, 4.69) is 21.0 Å². The molecule has 0 radical (unpaired) electrons. The Kier molecular flexibility index (Phi) is 3.59. The van der Waals surface area contributed by atoms with Gasteiger partial charge in [0.15, 0.2) is 0 Å². The molecule has 5 heteroatoms. The summed E-state index contributed by atoms with van der Waals surface area (Å²) in [6, 6.07) is 4.52. The molecule has 0 aliphatic heterocycles. The third-order valence-corrected chi connectivity index (χ3v) is 3.12. The van der Waals surface area contributed by atoms with E-state index in [4.69, 9.17) is 0 Å². The molecule has 0 spiro atoms. The molecule has 1 N–H and O–H groups in total. The van der Waals surface area contributed by atoms with Crippen molar-refractivity contribution in [2.45, 2.75) is 12.5 Å². The lowest BCUT2D eigenvalue weighted by molar-refractivity contribution is 0.178. The Hall–Kier alpha value is -1.20. The Morgan fingerprint density at radius 3 is 2.88 bits per heavy atom. The summed E-state index contributed by atoms with van der Waals surface area (Å²) >= 11 is 3.10. The monoisotopic (exact) mass is 298 g/mol. The first-order chi connectivity index (χ1) is 8.06. The van der Waals surface area contributed by atoms with Crippen molar-refractivity contribution in [3.8, 4) is 0 Å². The highest BCUT2D eigenvalue weighted by Gasteiger charge is 2.11. The van der Waals surface area contributed by atoms with Crippen LogP contribution in [0.25, 0.3) is 0 Å². The number of aliphatic hydroxyl groups excluding tert-OH is 1. The number of aryl methyl sites for hydroxylation is 1. The quantitative estimate of drug-likeness (QED) is 0.946. The van der Waals surface area contributed by atoms with Gasteiger partial charge >= 0.3 is 0 Å². The molecule has 17 heavy (non-hydrogen) atoms. The Balaban J connectivity index is 2.14. The van der Waals surface area contributed by atoms with Gasteiger partial charge in [-0.3, -0.25) is 4.68 Å². The van der Waals surface area contributed by atoms with E-state index in [1.165, 1.54) is 6.07 Å². The van der Waals surface area contributed by atoms with Gasteiger partial charge in [0.05, 0.1) is 16.8 Å². The van der Waals surface area contributed by atoms with E-state index in [0.717, 1.165) is 5.56 Å². The molecule has 2 rings (SSSR count). The van der Waals surface area contributed by atoms with Crippen LogP contribution in [-0.4, -0.2) is 14.9 Å². The molecule has 0 fully saturated rings. The molecule has 0 aliphatic carbocycles. The van der Waals surface area contributed by atoms with Crippen LogP contribution in [-0.2, 0) is 13.5 Å². The molecule has 1 atom stereocenters. The highest BCUT2D eigenvalue weighted by Crippen LogP contribution is 2.23. The van der Waals surface area contributed by atoms with E-state index >= 15 is 0 Å². The molecule has 1 aromatic heterocycles. The molecule has 2 aromatic rings. The summed E-state index contributed by atoms with van der Waals surface area (Å²) in [5.74, 6) is -0.331. The minimum Gasteiger partial charge on any atom is -0.388 e. The molecule has 1 unspecified atom stereocenters. The second-order valence-corrected chi connectivity index (χ2v) is 4.77. The zero-order valence-corrected chi connectivity index (χ0v) is 10.9. The molecular weight excluding hydrogens is 287 g/mol. The predicted octanol–water partition coefficient (Wildman–Crippen LogP) is 2.60. The first-order valence-electron chi connectivity index (χ1n) is 5.17. The van der Waals surface area contributed by atoms with E-state index in [1.54, 1.807) is 23.0 Å². The van der Waals surface area contributed by atoms with Crippen LogP contribution >= 0.6 is 15.9 Å². The summed E-state index contributed by atoms with van der Waals surface area (Å²) in [5, 5.41) is 14.0. The van der Waals surface area contributed by atoms with Crippen molar-refractivity contribution >= 4 is 15.9 Å². The highest BCUT2D eigenvalue weighted by molar-refractivity contribution is 9.10. The molecule has 0 saturated carbocycles. The molecule has 0 amide bonds. The predicted molar refractivity (Wildman–Crippen MR) is 66.0 cm³/mol. The first kappa shape index (κ1) is 12.3. The van der Waals surface area contributed by atoms with Crippen molar-refractivity contribution < 1.29 is 9.50 Å².